The summed E-state index contributed by atoms with van der Waals surface area (Å²) in [6.45, 7) is 4.37. The fraction of sp³-hybridized carbons (Fsp3) is 0.750. The molecule has 0 saturated heterocycles. The van der Waals surface area contributed by atoms with Crippen LogP contribution >= 0.6 is 23.5 Å². The number of hydrogen-bond acceptors (Lipinski definition) is 3. The van der Waals surface area contributed by atoms with Crippen molar-refractivity contribution in [3.63, 3.8) is 0 Å². The number of thioether (sulfide) groups is 2. The summed E-state index contributed by atoms with van der Waals surface area (Å²) in [5.74, 6) is 3.26. The number of rotatable bonds is 10. The number of carbonyl (C=O) groups excluding carboxylic acids is 1. The SMILES string of the molecule is CCCCSC/C=C(/C=O)SCCCC. The van der Waals surface area contributed by atoms with Crippen molar-refractivity contribution < 1.29 is 4.79 Å². The summed E-state index contributed by atoms with van der Waals surface area (Å²) in [5, 5.41) is 0. The molecule has 0 atom stereocenters. The molecule has 0 fully saturated rings. The van der Waals surface area contributed by atoms with E-state index in [1.54, 1.807) is 11.8 Å². The molecule has 0 rings (SSSR count). The van der Waals surface area contributed by atoms with Crippen molar-refractivity contribution in [3.8, 4) is 0 Å². The Kier molecular flexibility index (Phi) is 12.3. The van der Waals surface area contributed by atoms with Crippen LogP contribution in [0.2, 0.25) is 0 Å². The zero-order chi connectivity index (χ0) is 11.4. The van der Waals surface area contributed by atoms with Crippen LogP contribution in [0.5, 0.6) is 0 Å². The van der Waals surface area contributed by atoms with Gasteiger partial charge in [-0.1, -0.05) is 32.8 Å². The lowest BCUT2D eigenvalue weighted by molar-refractivity contribution is -0.104. The molecule has 3 heteroatoms. The number of aldehydes is 1. The van der Waals surface area contributed by atoms with E-state index in [0.717, 1.165) is 22.7 Å². The molecule has 0 unspecified atom stereocenters. The largest absolute Gasteiger partial charge is 0.297 e. The Morgan fingerprint density at radius 1 is 1.13 bits per heavy atom. The Balaban J connectivity index is 3.55. The van der Waals surface area contributed by atoms with Gasteiger partial charge in [-0.2, -0.15) is 11.8 Å². The van der Waals surface area contributed by atoms with Gasteiger partial charge in [0.1, 0.15) is 0 Å². The van der Waals surface area contributed by atoms with Crippen molar-refractivity contribution in [1.29, 1.82) is 0 Å². The van der Waals surface area contributed by atoms with Crippen LogP contribution in [0.1, 0.15) is 39.5 Å². The summed E-state index contributed by atoms with van der Waals surface area (Å²) in [7, 11) is 0. The van der Waals surface area contributed by atoms with Gasteiger partial charge in [0.15, 0.2) is 6.29 Å². The second kappa shape index (κ2) is 12.2. The fourth-order valence-electron chi connectivity index (χ4n) is 0.946. The fourth-order valence-corrected chi connectivity index (χ4v) is 2.95. The van der Waals surface area contributed by atoms with Gasteiger partial charge in [-0.15, -0.1) is 11.8 Å². The maximum Gasteiger partial charge on any atom is 0.156 e. The molecule has 0 N–H and O–H groups in total. The maximum atomic E-state index is 10.7. The Morgan fingerprint density at radius 3 is 2.40 bits per heavy atom. The van der Waals surface area contributed by atoms with E-state index in [2.05, 4.69) is 19.9 Å². The molecule has 88 valence electrons. The lowest BCUT2D eigenvalue weighted by atomic mass is 10.4. The predicted molar refractivity (Wildman–Crippen MR) is 73.7 cm³/mol. The third-order valence-electron chi connectivity index (χ3n) is 1.93. The summed E-state index contributed by atoms with van der Waals surface area (Å²) in [6.07, 6.45) is 7.97. The van der Waals surface area contributed by atoms with Gasteiger partial charge in [-0.25, -0.2) is 0 Å². The smallest absolute Gasteiger partial charge is 0.156 e. The van der Waals surface area contributed by atoms with E-state index in [4.69, 9.17) is 0 Å². The molecule has 0 aliphatic rings. The van der Waals surface area contributed by atoms with Gasteiger partial charge in [0, 0.05) is 10.7 Å². The van der Waals surface area contributed by atoms with Gasteiger partial charge in [0.25, 0.3) is 0 Å². The molecule has 1 nitrogen and oxygen atoms in total. The molecule has 0 aliphatic carbocycles. The van der Waals surface area contributed by atoms with Crippen molar-refractivity contribution in [2.75, 3.05) is 17.3 Å². The van der Waals surface area contributed by atoms with Crippen LogP contribution in [0.3, 0.4) is 0 Å². The van der Waals surface area contributed by atoms with E-state index in [9.17, 15) is 4.79 Å². The highest BCUT2D eigenvalue weighted by atomic mass is 32.2. The highest BCUT2D eigenvalue weighted by Crippen LogP contribution is 2.16. The number of unbranched alkanes of at least 4 members (excludes halogenated alkanes) is 2. The zero-order valence-electron chi connectivity index (χ0n) is 9.83. The Morgan fingerprint density at radius 2 is 1.80 bits per heavy atom. The van der Waals surface area contributed by atoms with Gasteiger partial charge in [-0.05, 0) is 24.3 Å². The van der Waals surface area contributed by atoms with Crippen molar-refractivity contribution in [3.05, 3.63) is 11.0 Å². The topological polar surface area (TPSA) is 17.1 Å². The molecular formula is C12H22OS2. The monoisotopic (exact) mass is 246 g/mol. The van der Waals surface area contributed by atoms with Crippen molar-refractivity contribution >= 4 is 29.8 Å². The molecular weight excluding hydrogens is 224 g/mol. The number of allylic oxidation sites excluding steroid dienone is 1. The summed E-state index contributed by atoms with van der Waals surface area (Å²) < 4.78 is 0. The minimum absolute atomic E-state index is 0.910. The van der Waals surface area contributed by atoms with E-state index in [1.165, 1.54) is 31.4 Å². The second-order valence-corrected chi connectivity index (χ2v) is 5.67. The van der Waals surface area contributed by atoms with Gasteiger partial charge >= 0.3 is 0 Å². The molecule has 0 aromatic rings. The van der Waals surface area contributed by atoms with Crippen LogP contribution in [0.4, 0.5) is 0 Å². The molecule has 0 spiro atoms. The average Bonchev–Trinajstić information content (AvgIpc) is 2.26. The highest BCUT2D eigenvalue weighted by Gasteiger charge is 1.95. The highest BCUT2D eigenvalue weighted by molar-refractivity contribution is 8.04. The summed E-state index contributed by atoms with van der Waals surface area (Å²) in [5.41, 5.74) is 0. The number of carbonyl (C=O) groups is 1. The lowest BCUT2D eigenvalue weighted by Crippen LogP contribution is -1.86. The summed E-state index contributed by atoms with van der Waals surface area (Å²) in [4.78, 5) is 11.6. The second-order valence-electron chi connectivity index (χ2n) is 3.35. The van der Waals surface area contributed by atoms with E-state index in [-0.39, 0.29) is 0 Å². The van der Waals surface area contributed by atoms with Crippen molar-refractivity contribution in [1.82, 2.24) is 0 Å². The first-order valence-corrected chi connectivity index (χ1v) is 7.85. The van der Waals surface area contributed by atoms with Crippen LogP contribution in [0.15, 0.2) is 11.0 Å². The van der Waals surface area contributed by atoms with Crippen LogP contribution in [0.25, 0.3) is 0 Å². The molecule has 0 saturated carbocycles. The van der Waals surface area contributed by atoms with Crippen LogP contribution in [0, 0.1) is 0 Å². The third-order valence-corrected chi connectivity index (χ3v) is 4.00. The standard InChI is InChI=1S/C12H22OS2/c1-3-5-8-14-10-7-12(11-13)15-9-6-4-2/h7,11H,3-6,8-10H2,1-2H3/b12-7-. The minimum atomic E-state index is 0.910. The van der Waals surface area contributed by atoms with Gasteiger partial charge in [-0.3, -0.25) is 4.79 Å². The molecule has 0 heterocycles. The van der Waals surface area contributed by atoms with E-state index in [0.29, 0.717) is 0 Å². The molecule has 0 aromatic carbocycles. The normalized spacial score (nSPS) is 11.7. The van der Waals surface area contributed by atoms with Gasteiger partial charge in [0.05, 0.1) is 0 Å². The quantitative estimate of drug-likeness (QED) is 0.328. The van der Waals surface area contributed by atoms with Gasteiger partial charge < -0.3 is 0 Å². The third kappa shape index (κ3) is 10.4. The molecule has 0 amide bonds. The molecule has 0 bridgehead atoms. The molecule has 0 aromatic heterocycles. The first-order valence-electron chi connectivity index (χ1n) is 5.71. The van der Waals surface area contributed by atoms with Crippen LogP contribution < -0.4 is 0 Å². The number of hydrogen-bond donors (Lipinski definition) is 0. The van der Waals surface area contributed by atoms with Crippen molar-refractivity contribution in [2.24, 2.45) is 0 Å². The lowest BCUT2D eigenvalue weighted by Gasteiger charge is -1.99. The Bertz CT molecular complexity index is 178. The van der Waals surface area contributed by atoms with Crippen molar-refractivity contribution in [2.45, 2.75) is 39.5 Å². The first-order chi connectivity index (χ1) is 7.35. The van der Waals surface area contributed by atoms with Crippen LogP contribution in [-0.2, 0) is 4.79 Å². The molecule has 0 aliphatic heterocycles. The first kappa shape index (κ1) is 15.1. The van der Waals surface area contributed by atoms with Crippen LogP contribution in [-0.4, -0.2) is 23.5 Å². The zero-order valence-corrected chi connectivity index (χ0v) is 11.5. The average molecular weight is 246 g/mol. The van der Waals surface area contributed by atoms with E-state index >= 15 is 0 Å². The molecule has 0 radical (unpaired) electrons. The van der Waals surface area contributed by atoms with E-state index < -0.39 is 0 Å². The summed E-state index contributed by atoms with van der Waals surface area (Å²) in [6, 6.07) is 0. The Labute approximate surface area is 102 Å². The Hall–Kier alpha value is 0.110. The predicted octanol–water partition coefficient (Wildman–Crippen LogP) is 4.14. The maximum absolute atomic E-state index is 10.7. The van der Waals surface area contributed by atoms with E-state index in [1.807, 2.05) is 11.8 Å². The minimum Gasteiger partial charge on any atom is -0.297 e. The van der Waals surface area contributed by atoms with Gasteiger partial charge in [0.2, 0.25) is 0 Å². The molecule has 15 heavy (non-hydrogen) atoms. The summed E-state index contributed by atoms with van der Waals surface area (Å²) >= 11 is 3.60.